The van der Waals surface area contributed by atoms with Crippen molar-refractivity contribution in [2.45, 2.75) is 44.6 Å². The highest BCUT2D eigenvalue weighted by atomic mass is 16.4. The van der Waals surface area contributed by atoms with Crippen molar-refractivity contribution in [3.63, 3.8) is 0 Å². The smallest absolute Gasteiger partial charge is 0.338 e. The number of fused-ring (bicyclic) bond motifs is 1. The molecule has 5 heteroatoms. The fourth-order valence-corrected chi connectivity index (χ4v) is 3.58. The summed E-state index contributed by atoms with van der Waals surface area (Å²) in [6.45, 7) is 0.753. The SMILES string of the molecule is O=C(O)c1coc(C(=O)N2CCC[C@H]3CCCC[C@H]32)c1. The third-order valence-electron chi connectivity index (χ3n) is 4.56. The number of likely N-dealkylation sites (tertiary alicyclic amines) is 1. The summed E-state index contributed by atoms with van der Waals surface area (Å²) < 4.78 is 5.15. The lowest BCUT2D eigenvalue weighted by Gasteiger charge is -2.43. The van der Waals surface area contributed by atoms with Crippen LogP contribution in [0.3, 0.4) is 0 Å². The predicted molar refractivity (Wildman–Crippen MR) is 71.7 cm³/mol. The van der Waals surface area contributed by atoms with Crippen LogP contribution in [0.15, 0.2) is 16.7 Å². The van der Waals surface area contributed by atoms with Crippen molar-refractivity contribution < 1.29 is 19.1 Å². The van der Waals surface area contributed by atoms with Gasteiger partial charge < -0.3 is 14.4 Å². The minimum atomic E-state index is -1.07. The first-order valence-electron chi connectivity index (χ1n) is 7.29. The molecule has 1 aliphatic carbocycles. The molecule has 1 aromatic heterocycles. The number of furan rings is 1. The van der Waals surface area contributed by atoms with Gasteiger partial charge in [0.15, 0.2) is 5.76 Å². The third kappa shape index (κ3) is 2.32. The van der Waals surface area contributed by atoms with Gasteiger partial charge in [-0.1, -0.05) is 12.8 Å². The lowest BCUT2D eigenvalue weighted by molar-refractivity contribution is 0.0362. The Labute approximate surface area is 117 Å². The molecule has 1 saturated heterocycles. The number of carbonyl (C=O) groups is 2. The van der Waals surface area contributed by atoms with Crippen LogP contribution in [0.4, 0.5) is 0 Å². The first kappa shape index (κ1) is 13.2. The molecule has 1 saturated carbocycles. The van der Waals surface area contributed by atoms with E-state index >= 15 is 0 Å². The lowest BCUT2D eigenvalue weighted by atomic mass is 9.78. The molecule has 1 aromatic rings. The van der Waals surface area contributed by atoms with Crippen LogP contribution >= 0.6 is 0 Å². The van der Waals surface area contributed by atoms with E-state index in [1.54, 1.807) is 0 Å². The molecule has 0 aromatic carbocycles. The monoisotopic (exact) mass is 277 g/mol. The maximum Gasteiger partial charge on any atom is 0.338 e. The summed E-state index contributed by atoms with van der Waals surface area (Å²) in [5, 5.41) is 8.89. The molecular formula is C15H19NO4. The van der Waals surface area contributed by atoms with E-state index in [0.29, 0.717) is 12.0 Å². The van der Waals surface area contributed by atoms with Gasteiger partial charge in [-0.15, -0.1) is 0 Å². The molecule has 2 fully saturated rings. The summed E-state index contributed by atoms with van der Waals surface area (Å²) >= 11 is 0. The highest BCUT2D eigenvalue weighted by molar-refractivity contribution is 5.95. The lowest BCUT2D eigenvalue weighted by Crippen LogP contribution is -2.49. The summed E-state index contributed by atoms with van der Waals surface area (Å²) in [6, 6.07) is 1.64. The molecule has 1 amide bonds. The number of piperidine rings is 1. The Morgan fingerprint density at radius 3 is 2.70 bits per heavy atom. The van der Waals surface area contributed by atoms with Crippen LogP contribution < -0.4 is 0 Å². The molecule has 1 N–H and O–H groups in total. The second kappa shape index (κ2) is 5.31. The molecule has 108 valence electrons. The highest BCUT2D eigenvalue weighted by Crippen LogP contribution is 2.36. The predicted octanol–water partition coefficient (Wildman–Crippen LogP) is 2.77. The molecule has 2 atom stereocenters. The van der Waals surface area contributed by atoms with Crippen molar-refractivity contribution in [2.24, 2.45) is 5.92 Å². The van der Waals surface area contributed by atoms with Gasteiger partial charge in [0.25, 0.3) is 5.91 Å². The number of rotatable bonds is 2. The van der Waals surface area contributed by atoms with Gasteiger partial charge >= 0.3 is 5.97 Å². The molecule has 5 nitrogen and oxygen atoms in total. The van der Waals surface area contributed by atoms with Crippen LogP contribution in [0.25, 0.3) is 0 Å². The molecule has 0 radical (unpaired) electrons. The van der Waals surface area contributed by atoms with Gasteiger partial charge in [0.2, 0.25) is 0 Å². The van der Waals surface area contributed by atoms with Crippen molar-refractivity contribution in [1.29, 1.82) is 0 Å². The molecule has 2 heterocycles. The van der Waals surface area contributed by atoms with Crippen LogP contribution in [0, 0.1) is 5.92 Å². The topological polar surface area (TPSA) is 70.7 Å². The van der Waals surface area contributed by atoms with Gasteiger partial charge in [0.1, 0.15) is 6.26 Å². The Hall–Kier alpha value is -1.78. The number of aromatic carboxylic acids is 1. The van der Waals surface area contributed by atoms with Crippen LogP contribution in [0.1, 0.15) is 59.4 Å². The van der Waals surface area contributed by atoms with Crippen molar-refractivity contribution >= 4 is 11.9 Å². The molecule has 0 bridgehead atoms. The summed E-state index contributed by atoms with van der Waals surface area (Å²) in [7, 11) is 0. The van der Waals surface area contributed by atoms with Crippen molar-refractivity contribution in [3.05, 3.63) is 23.7 Å². The Morgan fingerprint density at radius 2 is 1.95 bits per heavy atom. The minimum absolute atomic E-state index is 0.0329. The van der Waals surface area contributed by atoms with Gasteiger partial charge in [-0.2, -0.15) is 0 Å². The third-order valence-corrected chi connectivity index (χ3v) is 4.56. The molecule has 0 spiro atoms. The second-order valence-corrected chi connectivity index (χ2v) is 5.76. The van der Waals surface area contributed by atoms with Gasteiger partial charge in [0, 0.05) is 18.7 Å². The number of nitrogens with zero attached hydrogens (tertiary/aromatic N) is 1. The zero-order valence-electron chi connectivity index (χ0n) is 11.4. The molecular weight excluding hydrogens is 258 g/mol. The first-order valence-corrected chi connectivity index (χ1v) is 7.29. The van der Waals surface area contributed by atoms with Crippen molar-refractivity contribution in [3.8, 4) is 0 Å². The molecule has 3 rings (SSSR count). The van der Waals surface area contributed by atoms with Crippen LogP contribution in [0.2, 0.25) is 0 Å². The standard InChI is InChI=1S/C15H19NO4/c17-14(13-8-11(9-20-13)15(18)19)16-7-3-5-10-4-1-2-6-12(10)16/h8-10,12H,1-7H2,(H,18,19)/t10-,12-/m1/s1. The quantitative estimate of drug-likeness (QED) is 0.902. The van der Waals surface area contributed by atoms with Gasteiger partial charge in [-0.05, 0) is 31.6 Å². The van der Waals surface area contributed by atoms with Crippen LogP contribution in [-0.4, -0.2) is 34.5 Å². The second-order valence-electron chi connectivity index (χ2n) is 5.76. The van der Waals surface area contributed by atoms with Crippen LogP contribution in [-0.2, 0) is 0 Å². The Bertz CT molecular complexity index is 520. The number of carboxylic acid groups (broad SMARTS) is 1. The fourth-order valence-electron chi connectivity index (χ4n) is 3.58. The van der Waals surface area contributed by atoms with Gasteiger partial charge in [0.05, 0.1) is 5.56 Å². The summed E-state index contributed by atoms with van der Waals surface area (Å²) in [5.41, 5.74) is 0.0329. The Kier molecular flexibility index (Phi) is 3.51. The summed E-state index contributed by atoms with van der Waals surface area (Å²) in [4.78, 5) is 25.3. The summed E-state index contributed by atoms with van der Waals surface area (Å²) in [6.07, 6.45) is 8.05. The number of hydrogen-bond donors (Lipinski definition) is 1. The van der Waals surface area contributed by atoms with E-state index in [1.165, 1.54) is 31.7 Å². The van der Waals surface area contributed by atoms with E-state index in [1.807, 2.05) is 4.90 Å². The van der Waals surface area contributed by atoms with E-state index in [2.05, 4.69) is 0 Å². The maximum absolute atomic E-state index is 12.5. The number of hydrogen-bond acceptors (Lipinski definition) is 3. The highest BCUT2D eigenvalue weighted by Gasteiger charge is 2.36. The van der Waals surface area contributed by atoms with Gasteiger partial charge in [-0.25, -0.2) is 4.79 Å². The Morgan fingerprint density at radius 1 is 1.20 bits per heavy atom. The van der Waals surface area contributed by atoms with E-state index in [0.717, 1.165) is 25.6 Å². The fraction of sp³-hybridized carbons (Fsp3) is 0.600. The molecule has 0 unspecified atom stereocenters. The van der Waals surface area contributed by atoms with E-state index < -0.39 is 5.97 Å². The summed E-state index contributed by atoms with van der Waals surface area (Å²) in [5.74, 6) is -0.472. The molecule has 2 aliphatic rings. The largest absolute Gasteiger partial charge is 0.478 e. The average molecular weight is 277 g/mol. The number of amides is 1. The number of carboxylic acids is 1. The van der Waals surface area contributed by atoms with Crippen molar-refractivity contribution in [2.75, 3.05) is 6.54 Å². The first-order chi connectivity index (χ1) is 9.66. The minimum Gasteiger partial charge on any atom is -0.478 e. The maximum atomic E-state index is 12.5. The molecule has 1 aliphatic heterocycles. The zero-order chi connectivity index (χ0) is 14.1. The molecule has 20 heavy (non-hydrogen) atoms. The van der Waals surface area contributed by atoms with E-state index in [4.69, 9.17) is 9.52 Å². The Balaban J connectivity index is 1.79. The number of carbonyl (C=O) groups excluding carboxylic acids is 1. The van der Waals surface area contributed by atoms with Gasteiger partial charge in [-0.3, -0.25) is 4.79 Å². The zero-order valence-corrected chi connectivity index (χ0v) is 11.4. The van der Waals surface area contributed by atoms with E-state index in [-0.39, 0.29) is 17.2 Å². The van der Waals surface area contributed by atoms with Crippen molar-refractivity contribution in [1.82, 2.24) is 4.90 Å². The average Bonchev–Trinajstić information content (AvgIpc) is 2.96. The van der Waals surface area contributed by atoms with E-state index in [9.17, 15) is 9.59 Å². The van der Waals surface area contributed by atoms with Crippen LogP contribution in [0.5, 0.6) is 0 Å². The normalized spacial score (nSPS) is 26.1.